The number of hydrogen-bond donors (Lipinski definition) is 2. The molecule has 0 spiro atoms. The van der Waals surface area contributed by atoms with Crippen molar-refractivity contribution in [2.75, 3.05) is 11.1 Å². The lowest BCUT2D eigenvalue weighted by Crippen LogP contribution is -2.14. The van der Waals surface area contributed by atoms with Gasteiger partial charge >= 0.3 is 0 Å². The molecule has 24 heavy (non-hydrogen) atoms. The van der Waals surface area contributed by atoms with E-state index in [0.29, 0.717) is 27.5 Å². The smallest absolute Gasteiger partial charge is 0.236 e. The van der Waals surface area contributed by atoms with Crippen LogP contribution in [0.2, 0.25) is 0 Å². The molecule has 9 heteroatoms. The molecule has 0 saturated heterocycles. The van der Waals surface area contributed by atoms with Gasteiger partial charge in [-0.15, -0.1) is 22.0 Å². The number of pyridine rings is 1. The Morgan fingerprint density at radius 2 is 2.21 bits per heavy atom. The van der Waals surface area contributed by atoms with E-state index < -0.39 is 5.82 Å². The Bertz CT molecular complexity index is 954. The van der Waals surface area contributed by atoms with Crippen LogP contribution >= 0.6 is 23.1 Å². The minimum atomic E-state index is -0.446. The summed E-state index contributed by atoms with van der Waals surface area (Å²) >= 11 is 2.67. The van der Waals surface area contributed by atoms with Crippen molar-refractivity contribution >= 4 is 45.0 Å². The van der Waals surface area contributed by atoms with Gasteiger partial charge in [-0.2, -0.15) is 0 Å². The Labute approximate surface area is 144 Å². The van der Waals surface area contributed by atoms with E-state index in [1.165, 1.54) is 47.4 Å². The predicted octanol–water partition coefficient (Wildman–Crippen LogP) is 2.70. The SMILES string of the molecule is Cc1nnc(NC(=O)CSCc2cc(=O)c3cc(F)ccc3[nH]2)s1. The molecule has 0 saturated carbocycles. The first-order valence-electron chi connectivity index (χ1n) is 7.00. The first-order valence-corrected chi connectivity index (χ1v) is 8.97. The van der Waals surface area contributed by atoms with Gasteiger partial charge in [-0.05, 0) is 25.1 Å². The van der Waals surface area contributed by atoms with Crippen molar-refractivity contribution < 1.29 is 9.18 Å². The zero-order valence-electron chi connectivity index (χ0n) is 12.6. The number of thioether (sulfide) groups is 1. The Balaban J connectivity index is 1.60. The van der Waals surface area contributed by atoms with Gasteiger partial charge in [0.25, 0.3) is 0 Å². The Hall–Kier alpha value is -2.26. The normalized spacial score (nSPS) is 10.9. The van der Waals surface area contributed by atoms with E-state index in [0.717, 1.165) is 5.01 Å². The molecule has 2 aromatic heterocycles. The summed E-state index contributed by atoms with van der Waals surface area (Å²) in [6.07, 6.45) is 0. The molecule has 2 N–H and O–H groups in total. The summed E-state index contributed by atoms with van der Waals surface area (Å²) in [5.74, 6) is 0.0628. The first-order chi connectivity index (χ1) is 11.5. The fourth-order valence-corrected chi connectivity index (χ4v) is 3.45. The Kier molecular flexibility index (Phi) is 4.91. The maximum atomic E-state index is 13.2. The number of amides is 1. The molecule has 0 radical (unpaired) electrons. The number of benzene rings is 1. The second kappa shape index (κ2) is 7.10. The first kappa shape index (κ1) is 16.6. The van der Waals surface area contributed by atoms with Crippen LogP contribution in [0.15, 0.2) is 29.1 Å². The van der Waals surface area contributed by atoms with Gasteiger partial charge in [-0.1, -0.05) is 11.3 Å². The van der Waals surface area contributed by atoms with Crippen LogP contribution in [0.4, 0.5) is 9.52 Å². The zero-order valence-corrected chi connectivity index (χ0v) is 14.3. The molecule has 3 aromatic rings. The lowest BCUT2D eigenvalue weighted by Gasteiger charge is -2.05. The molecular weight excluding hydrogens is 351 g/mol. The summed E-state index contributed by atoms with van der Waals surface area (Å²) < 4.78 is 13.2. The predicted molar refractivity (Wildman–Crippen MR) is 94.0 cm³/mol. The third-order valence-electron chi connectivity index (χ3n) is 3.11. The molecule has 2 heterocycles. The fourth-order valence-electron chi connectivity index (χ4n) is 2.11. The van der Waals surface area contributed by atoms with Gasteiger partial charge in [-0.3, -0.25) is 14.9 Å². The number of nitrogens with zero attached hydrogens (tertiary/aromatic N) is 2. The van der Waals surface area contributed by atoms with Crippen molar-refractivity contribution in [3.63, 3.8) is 0 Å². The van der Waals surface area contributed by atoms with Crippen LogP contribution in [0.1, 0.15) is 10.7 Å². The van der Waals surface area contributed by atoms with Gasteiger partial charge < -0.3 is 4.98 Å². The van der Waals surface area contributed by atoms with Crippen molar-refractivity contribution in [1.29, 1.82) is 0 Å². The number of carbonyl (C=O) groups excluding carboxylic acids is 1. The molecule has 124 valence electrons. The quantitative estimate of drug-likeness (QED) is 0.727. The summed E-state index contributed by atoms with van der Waals surface area (Å²) in [6.45, 7) is 1.81. The standard InChI is InChI=1S/C15H13FN4O2S2/c1-8-19-20-15(24-8)18-14(22)7-23-6-10-5-13(21)11-4-9(16)2-3-12(11)17-10/h2-5H,6-7H2,1H3,(H,17,21)(H,18,20,22). The summed E-state index contributed by atoms with van der Waals surface area (Å²) in [5.41, 5.74) is 1.02. The van der Waals surface area contributed by atoms with E-state index in [-0.39, 0.29) is 17.1 Å². The lowest BCUT2D eigenvalue weighted by molar-refractivity contribution is -0.113. The van der Waals surface area contributed by atoms with Crippen LogP contribution in [0, 0.1) is 12.7 Å². The van der Waals surface area contributed by atoms with Gasteiger partial charge in [-0.25, -0.2) is 4.39 Å². The monoisotopic (exact) mass is 364 g/mol. The lowest BCUT2D eigenvalue weighted by atomic mass is 10.2. The van der Waals surface area contributed by atoms with E-state index in [9.17, 15) is 14.0 Å². The summed E-state index contributed by atoms with van der Waals surface area (Å²) in [7, 11) is 0. The van der Waals surface area contributed by atoms with Crippen LogP contribution in [-0.4, -0.2) is 26.8 Å². The third-order valence-corrected chi connectivity index (χ3v) is 4.85. The highest BCUT2D eigenvalue weighted by Crippen LogP contribution is 2.16. The third kappa shape index (κ3) is 3.98. The number of carbonyl (C=O) groups is 1. The number of aromatic nitrogens is 3. The second-order valence-corrected chi connectivity index (χ2v) is 7.18. The van der Waals surface area contributed by atoms with Gasteiger partial charge in [0.05, 0.1) is 5.75 Å². The maximum Gasteiger partial charge on any atom is 0.236 e. The molecule has 6 nitrogen and oxygen atoms in total. The van der Waals surface area contributed by atoms with Gasteiger partial charge in [0.15, 0.2) is 5.43 Å². The van der Waals surface area contributed by atoms with E-state index in [2.05, 4.69) is 20.5 Å². The van der Waals surface area contributed by atoms with E-state index >= 15 is 0 Å². The van der Waals surface area contributed by atoms with Crippen molar-refractivity contribution in [3.05, 3.63) is 51.0 Å². The van der Waals surface area contributed by atoms with E-state index in [1.807, 2.05) is 6.92 Å². The number of aromatic amines is 1. The summed E-state index contributed by atoms with van der Waals surface area (Å²) in [4.78, 5) is 26.9. The second-order valence-electron chi connectivity index (χ2n) is 5.02. The maximum absolute atomic E-state index is 13.2. The van der Waals surface area contributed by atoms with Crippen molar-refractivity contribution in [2.24, 2.45) is 0 Å². The molecular formula is C15H13FN4O2S2. The number of halogens is 1. The van der Waals surface area contributed by atoms with Crippen molar-refractivity contribution in [3.8, 4) is 0 Å². The zero-order chi connectivity index (χ0) is 17.1. The number of rotatable bonds is 5. The molecule has 0 aliphatic rings. The van der Waals surface area contributed by atoms with Crippen LogP contribution in [-0.2, 0) is 10.5 Å². The van der Waals surface area contributed by atoms with Crippen molar-refractivity contribution in [2.45, 2.75) is 12.7 Å². The van der Waals surface area contributed by atoms with E-state index in [4.69, 9.17) is 0 Å². The van der Waals surface area contributed by atoms with E-state index in [1.54, 1.807) is 0 Å². The minimum Gasteiger partial charge on any atom is -0.357 e. The largest absolute Gasteiger partial charge is 0.357 e. The highest BCUT2D eigenvalue weighted by Gasteiger charge is 2.08. The van der Waals surface area contributed by atoms with Gasteiger partial charge in [0.2, 0.25) is 11.0 Å². The minimum absolute atomic E-state index is 0.179. The molecule has 0 aliphatic heterocycles. The Morgan fingerprint density at radius 3 is 2.96 bits per heavy atom. The van der Waals surface area contributed by atoms with Crippen molar-refractivity contribution in [1.82, 2.24) is 15.2 Å². The Morgan fingerprint density at radius 1 is 1.38 bits per heavy atom. The molecule has 0 aliphatic carbocycles. The average Bonchev–Trinajstić information content (AvgIpc) is 2.93. The van der Waals surface area contributed by atoms with Crippen LogP contribution in [0.5, 0.6) is 0 Å². The number of anilines is 1. The molecule has 3 rings (SSSR count). The fraction of sp³-hybridized carbons (Fsp3) is 0.200. The van der Waals surface area contributed by atoms with Crippen LogP contribution in [0.25, 0.3) is 10.9 Å². The molecule has 0 fully saturated rings. The average molecular weight is 364 g/mol. The number of fused-ring (bicyclic) bond motifs is 1. The van der Waals surface area contributed by atoms with Gasteiger partial charge in [0, 0.05) is 28.4 Å². The molecule has 0 bridgehead atoms. The van der Waals surface area contributed by atoms with Gasteiger partial charge in [0.1, 0.15) is 10.8 Å². The van der Waals surface area contributed by atoms with Crippen LogP contribution in [0.3, 0.4) is 0 Å². The molecule has 1 aromatic carbocycles. The number of aryl methyl sites for hydroxylation is 1. The van der Waals surface area contributed by atoms with Crippen LogP contribution < -0.4 is 10.7 Å². The summed E-state index contributed by atoms with van der Waals surface area (Å²) in [6, 6.07) is 5.47. The number of H-pyrrole nitrogens is 1. The number of nitrogens with one attached hydrogen (secondary N) is 2. The highest BCUT2D eigenvalue weighted by molar-refractivity contribution is 7.99. The highest BCUT2D eigenvalue weighted by atomic mass is 32.2. The molecule has 0 unspecified atom stereocenters. The number of hydrogen-bond acceptors (Lipinski definition) is 6. The molecule has 0 atom stereocenters. The molecule has 1 amide bonds. The topological polar surface area (TPSA) is 87.7 Å². The summed E-state index contributed by atoms with van der Waals surface area (Å²) in [5, 5.41) is 11.9.